The standard InChI is InChI=1S/C12H18N4OS/c1-16(8-12(17)4-2-3-5-12)10-7-14-9(6-15-10)11(13)18/h6-7,17H,2-5,8H2,1H3,(H2,13,18). The lowest BCUT2D eigenvalue weighted by molar-refractivity contribution is 0.0558. The molecule has 2 rings (SSSR count). The van der Waals surface area contributed by atoms with E-state index in [1.165, 1.54) is 0 Å². The van der Waals surface area contributed by atoms with Crippen molar-refractivity contribution < 1.29 is 5.11 Å². The van der Waals surface area contributed by atoms with Crippen molar-refractivity contribution >= 4 is 23.0 Å². The van der Waals surface area contributed by atoms with Crippen molar-refractivity contribution in [3.63, 3.8) is 0 Å². The van der Waals surface area contributed by atoms with Crippen LogP contribution in [0.15, 0.2) is 12.4 Å². The van der Waals surface area contributed by atoms with E-state index in [0.717, 1.165) is 31.5 Å². The van der Waals surface area contributed by atoms with E-state index >= 15 is 0 Å². The van der Waals surface area contributed by atoms with Crippen LogP contribution in [0.1, 0.15) is 31.4 Å². The molecule has 0 radical (unpaired) electrons. The van der Waals surface area contributed by atoms with E-state index in [2.05, 4.69) is 9.97 Å². The summed E-state index contributed by atoms with van der Waals surface area (Å²) < 4.78 is 0. The molecular formula is C12H18N4OS. The first-order valence-electron chi connectivity index (χ1n) is 6.06. The van der Waals surface area contributed by atoms with Crippen molar-refractivity contribution in [2.45, 2.75) is 31.3 Å². The smallest absolute Gasteiger partial charge is 0.146 e. The summed E-state index contributed by atoms with van der Waals surface area (Å²) in [5.74, 6) is 0.718. The van der Waals surface area contributed by atoms with Gasteiger partial charge in [-0.05, 0) is 12.8 Å². The maximum atomic E-state index is 10.3. The molecule has 0 aliphatic heterocycles. The predicted molar refractivity (Wildman–Crippen MR) is 74.6 cm³/mol. The molecule has 0 aromatic carbocycles. The van der Waals surface area contributed by atoms with Gasteiger partial charge in [-0.2, -0.15) is 0 Å². The zero-order valence-corrected chi connectivity index (χ0v) is 11.3. The minimum Gasteiger partial charge on any atom is -0.388 e. The van der Waals surface area contributed by atoms with Crippen LogP contribution in [0, 0.1) is 0 Å². The SMILES string of the molecule is CN(CC1(O)CCCC1)c1cnc(C(N)=S)cn1. The second kappa shape index (κ2) is 5.16. The number of hydrogen-bond acceptors (Lipinski definition) is 5. The summed E-state index contributed by atoms with van der Waals surface area (Å²) in [6, 6.07) is 0. The number of thiocarbonyl (C=S) groups is 1. The molecule has 98 valence electrons. The van der Waals surface area contributed by atoms with Crippen LogP contribution in [-0.2, 0) is 0 Å². The van der Waals surface area contributed by atoms with E-state index in [-0.39, 0.29) is 4.99 Å². The van der Waals surface area contributed by atoms with Crippen LogP contribution in [0.4, 0.5) is 5.82 Å². The van der Waals surface area contributed by atoms with Crippen molar-refractivity contribution in [2.24, 2.45) is 5.73 Å². The highest BCUT2D eigenvalue weighted by Gasteiger charge is 2.32. The first-order chi connectivity index (χ1) is 8.50. The van der Waals surface area contributed by atoms with E-state index in [1.54, 1.807) is 12.4 Å². The lowest BCUT2D eigenvalue weighted by Gasteiger charge is -2.29. The lowest BCUT2D eigenvalue weighted by atomic mass is 10.0. The third kappa shape index (κ3) is 2.94. The fraction of sp³-hybridized carbons (Fsp3) is 0.583. The average Bonchev–Trinajstić information content (AvgIpc) is 2.76. The Bertz CT molecular complexity index is 428. The second-order valence-corrected chi connectivity index (χ2v) is 5.35. The van der Waals surface area contributed by atoms with Gasteiger partial charge in [-0.25, -0.2) is 9.97 Å². The lowest BCUT2D eigenvalue weighted by Crippen LogP contribution is -2.39. The first-order valence-corrected chi connectivity index (χ1v) is 6.46. The molecule has 6 heteroatoms. The van der Waals surface area contributed by atoms with E-state index in [0.29, 0.717) is 12.2 Å². The van der Waals surface area contributed by atoms with Crippen LogP contribution < -0.4 is 10.6 Å². The molecule has 0 amide bonds. The minimum atomic E-state index is -0.585. The number of hydrogen-bond donors (Lipinski definition) is 2. The highest BCUT2D eigenvalue weighted by Crippen LogP contribution is 2.30. The molecule has 0 saturated heterocycles. The molecule has 5 nitrogen and oxygen atoms in total. The number of anilines is 1. The quantitative estimate of drug-likeness (QED) is 0.787. The van der Waals surface area contributed by atoms with Gasteiger partial charge >= 0.3 is 0 Å². The molecule has 1 aliphatic carbocycles. The fourth-order valence-electron chi connectivity index (χ4n) is 2.36. The van der Waals surface area contributed by atoms with Crippen LogP contribution in [0.5, 0.6) is 0 Å². The number of aliphatic hydroxyl groups is 1. The molecule has 3 N–H and O–H groups in total. The number of rotatable bonds is 4. The zero-order chi connectivity index (χ0) is 13.2. The van der Waals surface area contributed by atoms with Gasteiger partial charge in [0.25, 0.3) is 0 Å². The normalized spacial score (nSPS) is 17.7. The maximum absolute atomic E-state index is 10.3. The summed E-state index contributed by atoms with van der Waals surface area (Å²) in [6.45, 7) is 0.577. The molecule has 0 spiro atoms. The van der Waals surface area contributed by atoms with E-state index in [1.807, 2.05) is 11.9 Å². The summed E-state index contributed by atoms with van der Waals surface area (Å²) in [5.41, 5.74) is 5.40. The summed E-state index contributed by atoms with van der Waals surface area (Å²) in [7, 11) is 1.90. The second-order valence-electron chi connectivity index (χ2n) is 4.91. The molecule has 1 saturated carbocycles. The monoisotopic (exact) mass is 266 g/mol. The zero-order valence-electron chi connectivity index (χ0n) is 10.5. The molecule has 18 heavy (non-hydrogen) atoms. The van der Waals surface area contributed by atoms with E-state index < -0.39 is 5.60 Å². The van der Waals surface area contributed by atoms with Gasteiger partial charge in [0.2, 0.25) is 0 Å². The Hall–Kier alpha value is -1.27. The number of aromatic nitrogens is 2. The Labute approximate surface area is 112 Å². The number of nitrogens with two attached hydrogens (primary N) is 1. The van der Waals surface area contributed by atoms with Crippen molar-refractivity contribution in [3.05, 3.63) is 18.1 Å². The highest BCUT2D eigenvalue weighted by atomic mass is 32.1. The highest BCUT2D eigenvalue weighted by molar-refractivity contribution is 7.80. The Morgan fingerprint density at radius 1 is 1.44 bits per heavy atom. The summed E-state index contributed by atoms with van der Waals surface area (Å²) >= 11 is 4.83. The van der Waals surface area contributed by atoms with Crippen molar-refractivity contribution in [2.75, 3.05) is 18.5 Å². The molecule has 1 fully saturated rings. The predicted octanol–water partition coefficient (Wildman–Crippen LogP) is 0.852. The first kappa shape index (κ1) is 13.2. The van der Waals surface area contributed by atoms with Gasteiger partial charge in [-0.1, -0.05) is 25.1 Å². The van der Waals surface area contributed by atoms with Crippen LogP contribution in [0.3, 0.4) is 0 Å². The summed E-state index contributed by atoms with van der Waals surface area (Å²) in [4.78, 5) is 10.6. The Kier molecular flexibility index (Phi) is 3.77. The van der Waals surface area contributed by atoms with Gasteiger partial charge < -0.3 is 15.7 Å². The molecule has 1 aromatic heterocycles. The van der Waals surface area contributed by atoms with Crippen LogP contribution in [-0.4, -0.2) is 39.3 Å². The van der Waals surface area contributed by atoms with Crippen LogP contribution in [0.2, 0.25) is 0 Å². The third-order valence-electron chi connectivity index (χ3n) is 3.35. The Morgan fingerprint density at radius 2 is 2.11 bits per heavy atom. The Morgan fingerprint density at radius 3 is 2.61 bits per heavy atom. The molecule has 1 heterocycles. The van der Waals surface area contributed by atoms with Gasteiger partial charge in [-0.15, -0.1) is 0 Å². The minimum absolute atomic E-state index is 0.242. The van der Waals surface area contributed by atoms with Crippen molar-refractivity contribution in [1.29, 1.82) is 0 Å². The largest absolute Gasteiger partial charge is 0.388 e. The third-order valence-corrected chi connectivity index (χ3v) is 3.56. The van der Waals surface area contributed by atoms with E-state index in [4.69, 9.17) is 18.0 Å². The topological polar surface area (TPSA) is 75.3 Å². The number of likely N-dealkylation sites (N-methyl/N-ethyl adjacent to an activating group) is 1. The van der Waals surface area contributed by atoms with Gasteiger partial charge in [0.15, 0.2) is 0 Å². The number of nitrogens with zero attached hydrogens (tertiary/aromatic N) is 3. The molecule has 1 aliphatic rings. The van der Waals surface area contributed by atoms with Gasteiger partial charge in [0, 0.05) is 13.6 Å². The van der Waals surface area contributed by atoms with Crippen molar-refractivity contribution in [1.82, 2.24) is 9.97 Å². The maximum Gasteiger partial charge on any atom is 0.146 e. The van der Waals surface area contributed by atoms with Crippen LogP contribution in [0.25, 0.3) is 0 Å². The molecule has 0 unspecified atom stereocenters. The molecular weight excluding hydrogens is 248 g/mol. The Balaban J connectivity index is 2.04. The van der Waals surface area contributed by atoms with E-state index in [9.17, 15) is 5.11 Å². The molecule has 1 aromatic rings. The summed E-state index contributed by atoms with van der Waals surface area (Å²) in [6.07, 6.45) is 7.10. The fourth-order valence-corrected chi connectivity index (χ4v) is 2.46. The van der Waals surface area contributed by atoms with Gasteiger partial charge in [0.1, 0.15) is 16.5 Å². The van der Waals surface area contributed by atoms with Crippen LogP contribution >= 0.6 is 12.2 Å². The van der Waals surface area contributed by atoms with Gasteiger partial charge in [-0.3, -0.25) is 0 Å². The average molecular weight is 266 g/mol. The van der Waals surface area contributed by atoms with Gasteiger partial charge in [0.05, 0.1) is 18.0 Å². The van der Waals surface area contributed by atoms with Crippen molar-refractivity contribution in [3.8, 4) is 0 Å². The molecule has 0 bridgehead atoms. The molecule has 0 atom stereocenters. The summed E-state index contributed by atoms with van der Waals surface area (Å²) in [5, 5.41) is 10.3.